The lowest BCUT2D eigenvalue weighted by Gasteiger charge is -2.43. The molecule has 1 amide bonds. The minimum atomic E-state index is 0.0189. The topological polar surface area (TPSA) is 50.8 Å². The zero-order valence-corrected chi connectivity index (χ0v) is 11.7. The maximum atomic E-state index is 11.4. The van der Waals surface area contributed by atoms with Crippen molar-refractivity contribution < 1.29 is 14.3 Å². The van der Waals surface area contributed by atoms with Gasteiger partial charge in [0, 0.05) is 26.7 Å². The normalized spacial score (nSPS) is 34.9. The van der Waals surface area contributed by atoms with E-state index in [1.165, 1.54) is 12.8 Å². The molecule has 2 saturated heterocycles. The Bertz CT molecular complexity index is 342. The average Bonchev–Trinajstić information content (AvgIpc) is 2.87. The minimum absolute atomic E-state index is 0.0189. The van der Waals surface area contributed by atoms with Gasteiger partial charge in [-0.25, -0.2) is 0 Å². The zero-order chi connectivity index (χ0) is 13.3. The Labute approximate surface area is 114 Å². The number of likely N-dealkylation sites (tertiary alicyclic amines) is 1. The SMILES string of the molecule is COC1(CN2CC[C@@H]3OCC(=O)N[C@H]3C2)CCCC1. The molecule has 1 saturated carbocycles. The van der Waals surface area contributed by atoms with E-state index in [-0.39, 0.29) is 30.3 Å². The molecule has 0 radical (unpaired) electrons. The molecule has 3 rings (SSSR count). The molecule has 0 spiro atoms. The van der Waals surface area contributed by atoms with E-state index in [9.17, 15) is 4.79 Å². The van der Waals surface area contributed by atoms with Gasteiger partial charge in [0.15, 0.2) is 0 Å². The summed E-state index contributed by atoms with van der Waals surface area (Å²) in [7, 11) is 1.84. The molecule has 3 aliphatic rings. The van der Waals surface area contributed by atoms with E-state index in [2.05, 4.69) is 10.2 Å². The molecule has 2 atom stereocenters. The summed E-state index contributed by atoms with van der Waals surface area (Å²) in [6.45, 7) is 3.15. The molecule has 108 valence electrons. The van der Waals surface area contributed by atoms with Crippen LogP contribution in [0.1, 0.15) is 32.1 Å². The summed E-state index contributed by atoms with van der Waals surface area (Å²) >= 11 is 0. The van der Waals surface area contributed by atoms with E-state index in [1.54, 1.807) is 0 Å². The van der Waals surface area contributed by atoms with Crippen molar-refractivity contribution in [1.29, 1.82) is 0 Å². The van der Waals surface area contributed by atoms with E-state index in [4.69, 9.17) is 9.47 Å². The van der Waals surface area contributed by atoms with Gasteiger partial charge in [0.2, 0.25) is 5.91 Å². The summed E-state index contributed by atoms with van der Waals surface area (Å²) in [5.74, 6) is 0.0189. The molecule has 2 aliphatic heterocycles. The smallest absolute Gasteiger partial charge is 0.246 e. The number of nitrogens with zero attached hydrogens (tertiary/aromatic N) is 1. The van der Waals surface area contributed by atoms with Crippen LogP contribution in [0.3, 0.4) is 0 Å². The number of morpholine rings is 1. The van der Waals surface area contributed by atoms with Crippen molar-refractivity contribution in [2.75, 3.05) is 33.4 Å². The molecule has 5 nitrogen and oxygen atoms in total. The number of methoxy groups -OCH3 is 1. The first-order valence-corrected chi connectivity index (χ1v) is 7.39. The number of hydrogen-bond donors (Lipinski definition) is 1. The summed E-state index contributed by atoms with van der Waals surface area (Å²) in [5, 5.41) is 3.06. The molecule has 1 aliphatic carbocycles. The van der Waals surface area contributed by atoms with Crippen LogP contribution < -0.4 is 5.32 Å². The van der Waals surface area contributed by atoms with Crippen molar-refractivity contribution in [3.05, 3.63) is 0 Å². The van der Waals surface area contributed by atoms with Crippen LogP contribution in [0.4, 0.5) is 0 Å². The molecule has 0 aromatic carbocycles. The Hall–Kier alpha value is -0.650. The van der Waals surface area contributed by atoms with Gasteiger partial charge in [0.05, 0.1) is 17.7 Å². The van der Waals surface area contributed by atoms with Crippen LogP contribution in [0.15, 0.2) is 0 Å². The van der Waals surface area contributed by atoms with Crippen LogP contribution in [-0.4, -0.2) is 61.9 Å². The molecular formula is C14H24N2O3. The Balaban J connectivity index is 1.59. The first-order valence-electron chi connectivity index (χ1n) is 7.39. The van der Waals surface area contributed by atoms with Gasteiger partial charge >= 0.3 is 0 Å². The monoisotopic (exact) mass is 268 g/mol. The van der Waals surface area contributed by atoms with Crippen LogP contribution in [0.25, 0.3) is 0 Å². The second-order valence-electron chi connectivity index (χ2n) is 6.14. The van der Waals surface area contributed by atoms with Gasteiger partial charge in [-0.05, 0) is 19.3 Å². The van der Waals surface area contributed by atoms with E-state index in [0.717, 1.165) is 38.9 Å². The fourth-order valence-corrected chi connectivity index (χ4v) is 3.76. The van der Waals surface area contributed by atoms with Gasteiger partial charge in [-0.15, -0.1) is 0 Å². The highest BCUT2D eigenvalue weighted by Gasteiger charge is 2.40. The van der Waals surface area contributed by atoms with E-state index in [0.29, 0.717) is 0 Å². The molecule has 19 heavy (non-hydrogen) atoms. The van der Waals surface area contributed by atoms with Gasteiger partial charge in [-0.1, -0.05) is 12.8 Å². The molecule has 0 aromatic rings. The molecule has 0 aromatic heterocycles. The van der Waals surface area contributed by atoms with E-state index >= 15 is 0 Å². The van der Waals surface area contributed by atoms with Gasteiger partial charge in [-0.3, -0.25) is 9.69 Å². The highest BCUT2D eigenvalue weighted by molar-refractivity contribution is 5.78. The zero-order valence-electron chi connectivity index (χ0n) is 11.7. The molecular weight excluding hydrogens is 244 g/mol. The highest BCUT2D eigenvalue weighted by Crippen LogP contribution is 2.34. The van der Waals surface area contributed by atoms with Crippen LogP contribution in [0.5, 0.6) is 0 Å². The number of carbonyl (C=O) groups excluding carboxylic acids is 1. The number of carbonyl (C=O) groups is 1. The number of hydrogen-bond acceptors (Lipinski definition) is 4. The maximum absolute atomic E-state index is 11.4. The standard InChI is InChI=1S/C14H24N2O3/c1-18-14(5-2-3-6-14)10-16-7-4-12-11(8-16)15-13(17)9-19-12/h11-12H,2-10H2,1H3,(H,15,17)/t11-,12-/m0/s1. The second-order valence-corrected chi connectivity index (χ2v) is 6.14. The van der Waals surface area contributed by atoms with Crippen molar-refractivity contribution in [3.8, 4) is 0 Å². The quantitative estimate of drug-likeness (QED) is 0.811. The summed E-state index contributed by atoms with van der Waals surface area (Å²) in [6.07, 6.45) is 6.08. The van der Waals surface area contributed by atoms with Crippen molar-refractivity contribution in [3.63, 3.8) is 0 Å². The molecule has 5 heteroatoms. The lowest BCUT2D eigenvalue weighted by Crippen LogP contribution is -2.61. The number of nitrogens with one attached hydrogen (secondary N) is 1. The van der Waals surface area contributed by atoms with E-state index < -0.39 is 0 Å². The predicted molar refractivity (Wildman–Crippen MR) is 70.9 cm³/mol. The summed E-state index contributed by atoms with van der Waals surface area (Å²) < 4.78 is 11.4. The Kier molecular flexibility index (Phi) is 3.78. The number of fused-ring (bicyclic) bond motifs is 1. The van der Waals surface area contributed by atoms with Crippen LogP contribution in [-0.2, 0) is 14.3 Å². The largest absolute Gasteiger partial charge is 0.377 e. The number of piperidine rings is 1. The van der Waals surface area contributed by atoms with Crippen LogP contribution >= 0.6 is 0 Å². The average molecular weight is 268 g/mol. The van der Waals surface area contributed by atoms with Crippen molar-refractivity contribution in [2.24, 2.45) is 0 Å². The molecule has 0 bridgehead atoms. The van der Waals surface area contributed by atoms with Crippen LogP contribution in [0, 0.1) is 0 Å². The Morgan fingerprint density at radius 3 is 3.00 bits per heavy atom. The maximum Gasteiger partial charge on any atom is 0.246 e. The number of ether oxygens (including phenoxy) is 2. The van der Waals surface area contributed by atoms with Gasteiger partial charge < -0.3 is 14.8 Å². The summed E-state index contributed by atoms with van der Waals surface area (Å²) in [4.78, 5) is 13.8. The first-order chi connectivity index (χ1) is 9.21. The highest BCUT2D eigenvalue weighted by atomic mass is 16.5. The number of amides is 1. The Morgan fingerprint density at radius 2 is 2.26 bits per heavy atom. The number of rotatable bonds is 3. The fourth-order valence-electron chi connectivity index (χ4n) is 3.76. The third kappa shape index (κ3) is 2.78. The lowest BCUT2D eigenvalue weighted by atomic mass is 9.96. The van der Waals surface area contributed by atoms with Gasteiger partial charge in [-0.2, -0.15) is 0 Å². The summed E-state index contributed by atoms with van der Waals surface area (Å²) in [6, 6.07) is 0.158. The Morgan fingerprint density at radius 1 is 1.47 bits per heavy atom. The molecule has 2 heterocycles. The van der Waals surface area contributed by atoms with Crippen molar-refractivity contribution in [1.82, 2.24) is 10.2 Å². The molecule has 0 unspecified atom stereocenters. The van der Waals surface area contributed by atoms with Crippen molar-refractivity contribution >= 4 is 5.91 Å². The first kappa shape index (κ1) is 13.3. The minimum Gasteiger partial charge on any atom is -0.377 e. The second kappa shape index (κ2) is 5.38. The van der Waals surface area contributed by atoms with Crippen molar-refractivity contribution in [2.45, 2.75) is 49.9 Å². The predicted octanol–water partition coefficient (Wildman–Crippen LogP) is 0.535. The van der Waals surface area contributed by atoms with Crippen LogP contribution in [0.2, 0.25) is 0 Å². The molecule has 3 fully saturated rings. The fraction of sp³-hybridized carbons (Fsp3) is 0.929. The van der Waals surface area contributed by atoms with Gasteiger partial charge in [0.1, 0.15) is 6.61 Å². The van der Waals surface area contributed by atoms with E-state index in [1.807, 2.05) is 7.11 Å². The molecule has 1 N–H and O–H groups in total. The third-order valence-corrected chi connectivity index (χ3v) is 4.87. The third-order valence-electron chi connectivity index (χ3n) is 4.87. The lowest BCUT2D eigenvalue weighted by molar-refractivity contribution is -0.141. The van der Waals surface area contributed by atoms with Gasteiger partial charge in [0.25, 0.3) is 0 Å². The summed E-state index contributed by atoms with van der Waals surface area (Å²) in [5.41, 5.74) is 0.0480.